The molecule has 1 heterocycles. The average Bonchev–Trinajstić information content (AvgIpc) is 3.23. The molecule has 7 nitrogen and oxygen atoms in total. The lowest BCUT2D eigenvalue weighted by Gasteiger charge is -2.25. The van der Waals surface area contributed by atoms with Crippen LogP contribution < -0.4 is 11.1 Å². The lowest BCUT2D eigenvalue weighted by molar-refractivity contribution is -0.113. The van der Waals surface area contributed by atoms with Crippen LogP contribution in [0.1, 0.15) is 48.5 Å². The van der Waals surface area contributed by atoms with Crippen LogP contribution in [0.5, 0.6) is 0 Å². The summed E-state index contributed by atoms with van der Waals surface area (Å²) in [7, 11) is 0. The molecule has 0 atom stereocenters. The highest BCUT2D eigenvalue weighted by Gasteiger charge is 2.24. The number of amides is 2. The number of nitrogens with two attached hydrogens (primary N) is 1. The number of hydrogen-bond acceptors (Lipinski definition) is 5. The summed E-state index contributed by atoms with van der Waals surface area (Å²) in [5.41, 5.74) is 7.29. The number of benzene rings is 2. The van der Waals surface area contributed by atoms with Gasteiger partial charge >= 0.3 is 0 Å². The summed E-state index contributed by atoms with van der Waals surface area (Å²) in [6.45, 7) is 0. The zero-order chi connectivity index (χ0) is 22.5. The van der Waals surface area contributed by atoms with Gasteiger partial charge in [-0.25, -0.2) is 0 Å². The summed E-state index contributed by atoms with van der Waals surface area (Å²) in [5.74, 6) is 0.407. The Hall–Kier alpha value is -2.65. The molecule has 3 aromatic rings. The predicted octanol–water partition coefficient (Wildman–Crippen LogP) is 5.04. The molecule has 1 aromatic heterocycles. The molecule has 166 valence electrons. The molecule has 0 unspecified atom stereocenters. The smallest absolute Gasteiger partial charge is 0.248 e. The van der Waals surface area contributed by atoms with E-state index in [2.05, 4.69) is 36.0 Å². The Balaban J connectivity index is 1.49. The number of hydrogen-bond donors (Lipinski definition) is 2. The van der Waals surface area contributed by atoms with Gasteiger partial charge in [0.15, 0.2) is 11.0 Å². The largest absolute Gasteiger partial charge is 0.366 e. The first kappa shape index (κ1) is 22.5. The van der Waals surface area contributed by atoms with E-state index in [0.717, 1.165) is 33.9 Å². The number of carbonyl (C=O) groups is 2. The van der Waals surface area contributed by atoms with Crippen LogP contribution in [0, 0.1) is 0 Å². The number of halogens is 1. The van der Waals surface area contributed by atoms with Crippen molar-refractivity contribution in [1.82, 2.24) is 14.8 Å². The molecule has 1 saturated carbocycles. The number of aromatic nitrogens is 3. The fourth-order valence-corrected chi connectivity index (χ4v) is 4.95. The van der Waals surface area contributed by atoms with Gasteiger partial charge in [0.05, 0.1) is 5.75 Å². The van der Waals surface area contributed by atoms with Crippen molar-refractivity contribution in [1.29, 1.82) is 0 Å². The molecule has 2 amide bonds. The highest BCUT2D eigenvalue weighted by Crippen LogP contribution is 2.35. The summed E-state index contributed by atoms with van der Waals surface area (Å²) >= 11 is 4.87. The van der Waals surface area contributed by atoms with E-state index in [1.54, 1.807) is 24.3 Å². The van der Waals surface area contributed by atoms with E-state index < -0.39 is 5.91 Å². The van der Waals surface area contributed by atoms with E-state index in [-0.39, 0.29) is 11.7 Å². The summed E-state index contributed by atoms with van der Waals surface area (Å²) in [4.78, 5) is 23.7. The normalized spacial score (nSPS) is 14.3. The van der Waals surface area contributed by atoms with Gasteiger partial charge in [0.1, 0.15) is 0 Å². The lowest BCUT2D eigenvalue weighted by Crippen LogP contribution is -2.17. The molecule has 32 heavy (non-hydrogen) atoms. The molecule has 1 aliphatic carbocycles. The molecule has 0 bridgehead atoms. The van der Waals surface area contributed by atoms with Gasteiger partial charge in [-0.05, 0) is 49.2 Å². The van der Waals surface area contributed by atoms with E-state index in [1.807, 2.05) is 24.3 Å². The van der Waals surface area contributed by atoms with Crippen molar-refractivity contribution in [3.05, 3.63) is 58.6 Å². The van der Waals surface area contributed by atoms with E-state index >= 15 is 0 Å². The molecule has 0 saturated heterocycles. The summed E-state index contributed by atoms with van der Waals surface area (Å²) in [5, 5.41) is 12.5. The van der Waals surface area contributed by atoms with Gasteiger partial charge in [-0.1, -0.05) is 59.1 Å². The van der Waals surface area contributed by atoms with Crippen molar-refractivity contribution in [2.24, 2.45) is 5.73 Å². The molecular weight excluding hydrogens is 490 g/mol. The van der Waals surface area contributed by atoms with E-state index in [0.29, 0.717) is 17.3 Å². The summed E-state index contributed by atoms with van der Waals surface area (Å²) in [6.07, 6.45) is 5.82. The van der Waals surface area contributed by atoms with Crippen LogP contribution in [0.4, 0.5) is 5.69 Å². The second kappa shape index (κ2) is 10.3. The second-order valence-corrected chi connectivity index (χ2v) is 9.61. The van der Waals surface area contributed by atoms with Crippen molar-refractivity contribution in [3.8, 4) is 11.4 Å². The van der Waals surface area contributed by atoms with Gasteiger partial charge in [-0.2, -0.15) is 0 Å². The zero-order valence-corrected chi connectivity index (χ0v) is 19.9. The Morgan fingerprint density at radius 1 is 1.03 bits per heavy atom. The highest BCUT2D eigenvalue weighted by atomic mass is 79.9. The van der Waals surface area contributed by atoms with Gasteiger partial charge in [0, 0.05) is 27.3 Å². The summed E-state index contributed by atoms with van der Waals surface area (Å²) in [6, 6.07) is 14.9. The molecule has 9 heteroatoms. The fraction of sp³-hybridized carbons (Fsp3) is 0.304. The number of primary amides is 1. The standard InChI is InChI=1S/C23H24BrN5O2S/c24-17-10-6-16(7-11-17)22-27-28-23(29(22)19-4-2-1-3-5-19)32-14-20(30)26-18-12-8-15(9-13-18)21(25)31/h6-13,19H,1-5,14H2,(H2,25,31)(H,26,30). The lowest BCUT2D eigenvalue weighted by atomic mass is 9.95. The van der Waals surface area contributed by atoms with Crippen molar-refractivity contribution in [2.75, 3.05) is 11.1 Å². The van der Waals surface area contributed by atoms with Gasteiger partial charge < -0.3 is 11.1 Å². The van der Waals surface area contributed by atoms with Crippen molar-refractivity contribution in [2.45, 2.75) is 43.3 Å². The highest BCUT2D eigenvalue weighted by molar-refractivity contribution is 9.10. The minimum Gasteiger partial charge on any atom is -0.366 e. The third-order valence-corrected chi connectivity index (χ3v) is 6.96. The Morgan fingerprint density at radius 3 is 2.38 bits per heavy atom. The molecule has 0 spiro atoms. The van der Waals surface area contributed by atoms with Gasteiger partial charge in [-0.3, -0.25) is 14.2 Å². The maximum atomic E-state index is 12.5. The van der Waals surface area contributed by atoms with Crippen LogP contribution in [0.3, 0.4) is 0 Å². The van der Waals surface area contributed by atoms with Gasteiger partial charge in [0.2, 0.25) is 11.8 Å². The third-order valence-electron chi connectivity index (χ3n) is 5.49. The third kappa shape index (κ3) is 5.39. The minimum absolute atomic E-state index is 0.148. The maximum Gasteiger partial charge on any atom is 0.248 e. The first-order valence-electron chi connectivity index (χ1n) is 10.5. The number of nitrogens with zero attached hydrogens (tertiary/aromatic N) is 3. The molecule has 4 rings (SSSR count). The fourth-order valence-electron chi connectivity index (χ4n) is 3.88. The van der Waals surface area contributed by atoms with Crippen LogP contribution in [0.2, 0.25) is 0 Å². The van der Waals surface area contributed by atoms with Crippen molar-refractivity contribution >= 4 is 45.2 Å². The molecular formula is C23H24BrN5O2S. The number of carbonyl (C=O) groups excluding carboxylic acids is 2. The van der Waals surface area contributed by atoms with E-state index in [9.17, 15) is 9.59 Å². The molecule has 0 aliphatic heterocycles. The Kier molecular flexibility index (Phi) is 7.26. The van der Waals surface area contributed by atoms with Crippen LogP contribution >= 0.6 is 27.7 Å². The quantitative estimate of drug-likeness (QED) is 0.430. The van der Waals surface area contributed by atoms with Crippen molar-refractivity contribution < 1.29 is 9.59 Å². The molecule has 0 radical (unpaired) electrons. The molecule has 3 N–H and O–H groups in total. The second-order valence-electron chi connectivity index (χ2n) is 7.75. The SMILES string of the molecule is NC(=O)c1ccc(NC(=O)CSc2nnc(-c3ccc(Br)cc3)n2C2CCCCC2)cc1. The number of rotatable bonds is 7. The van der Waals surface area contributed by atoms with E-state index in [4.69, 9.17) is 5.73 Å². The first-order valence-corrected chi connectivity index (χ1v) is 12.3. The first-order chi connectivity index (χ1) is 15.5. The van der Waals surface area contributed by atoms with Crippen LogP contribution in [0.25, 0.3) is 11.4 Å². The topological polar surface area (TPSA) is 103 Å². The Bertz CT molecular complexity index is 1090. The molecule has 1 aliphatic rings. The van der Waals surface area contributed by atoms with Gasteiger partial charge in [0.25, 0.3) is 0 Å². The number of nitrogens with one attached hydrogen (secondary N) is 1. The van der Waals surface area contributed by atoms with E-state index in [1.165, 1.54) is 31.0 Å². The number of anilines is 1. The van der Waals surface area contributed by atoms with Crippen LogP contribution in [0.15, 0.2) is 58.2 Å². The Morgan fingerprint density at radius 2 is 1.72 bits per heavy atom. The zero-order valence-electron chi connectivity index (χ0n) is 17.5. The van der Waals surface area contributed by atoms with Crippen molar-refractivity contribution in [3.63, 3.8) is 0 Å². The number of thioether (sulfide) groups is 1. The minimum atomic E-state index is -0.498. The van der Waals surface area contributed by atoms with Gasteiger partial charge in [-0.15, -0.1) is 10.2 Å². The van der Waals surface area contributed by atoms with Crippen LogP contribution in [-0.2, 0) is 4.79 Å². The average molecular weight is 514 g/mol. The molecule has 2 aromatic carbocycles. The maximum absolute atomic E-state index is 12.5. The monoisotopic (exact) mass is 513 g/mol. The molecule has 1 fully saturated rings. The Labute approximate surface area is 199 Å². The summed E-state index contributed by atoms with van der Waals surface area (Å²) < 4.78 is 3.22. The van der Waals surface area contributed by atoms with Crippen LogP contribution in [-0.4, -0.2) is 32.3 Å². The predicted molar refractivity (Wildman–Crippen MR) is 130 cm³/mol.